The first kappa shape index (κ1) is 10.8. The van der Waals surface area contributed by atoms with Gasteiger partial charge in [0, 0.05) is 12.6 Å². The van der Waals surface area contributed by atoms with Crippen LogP contribution in [0, 0.1) is 6.92 Å². The van der Waals surface area contributed by atoms with Crippen LogP contribution < -0.4 is 4.90 Å². The van der Waals surface area contributed by atoms with Gasteiger partial charge in [0.05, 0.1) is 29.5 Å². The lowest BCUT2D eigenvalue weighted by molar-refractivity contribution is -0.112. The first-order chi connectivity index (χ1) is 8.66. The van der Waals surface area contributed by atoms with Gasteiger partial charge in [-0.05, 0) is 25.1 Å². The number of carbonyl (C=O) groups excluding carboxylic acids is 1. The lowest BCUT2D eigenvalue weighted by Crippen LogP contribution is -2.20. The smallest absolute Gasteiger partial charge is 0.258 e. The molecule has 0 atom stereocenters. The summed E-state index contributed by atoms with van der Waals surface area (Å²) in [7, 11) is 1.80. The van der Waals surface area contributed by atoms with Crippen molar-refractivity contribution in [3.63, 3.8) is 0 Å². The number of benzene rings is 1. The van der Waals surface area contributed by atoms with E-state index in [0.29, 0.717) is 5.57 Å². The standard InChI is InChI=1S/C14H13N3O/c1-9-3-4-13-11(5-9)12(14(18)17(13)2)6-10-7-15-8-16-10/h3-8H,1-2H3,(H,15,16)/b12-6-. The molecular formula is C14H13N3O. The number of likely N-dealkylation sites (N-methyl/N-ethyl adjacent to an activating group) is 1. The monoisotopic (exact) mass is 239 g/mol. The number of aryl methyl sites for hydroxylation is 1. The SMILES string of the molecule is Cc1ccc2c(c1)/C(=C/c1cnc[nH]1)C(=O)N2C. The maximum Gasteiger partial charge on any atom is 0.258 e. The van der Waals surface area contributed by atoms with Crippen molar-refractivity contribution in [2.75, 3.05) is 11.9 Å². The number of H-pyrrole nitrogens is 1. The molecule has 2 aromatic rings. The summed E-state index contributed by atoms with van der Waals surface area (Å²) in [5.41, 5.74) is 4.63. The molecule has 0 saturated carbocycles. The minimum Gasteiger partial charge on any atom is -0.345 e. The van der Waals surface area contributed by atoms with Gasteiger partial charge in [0.1, 0.15) is 0 Å². The van der Waals surface area contributed by atoms with Gasteiger partial charge in [-0.2, -0.15) is 0 Å². The molecule has 4 heteroatoms. The zero-order valence-electron chi connectivity index (χ0n) is 10.3. The number of amides is 1. The van der Waals surface area contributed by atoms with Gasteiger partial charge in [-0.25, -0.2) is 4.98 Å². The maximum atomic E-state index is 12.2. The lowest BCUT2D eigenvalue weighted by atomic mass is 10.0. The molecule has 0 saturated heterocycles. The number of hydrogen-bond acceptors (Lipinski definition) is 2. The molecule has 4 nitrogen and oxygen atoms in total. The number of anilines is 1. The number of fused-ring (bicyclic) bond motifs is 1. The van der Waals surface area contributed by atoms with E-state index in [2.05, 4.69) is 9.97 Å². The Morgan fingerprint density at radius 1 is 1.39 bits per heavy atom. The number of rotatable bonds is 1. The van der Waals surface area contributed by atoms with E-state index in [1.165, 1.54) is 0 Å². The summed E-state index contributed by atoms with van der Waals surface area (Å²) in [6.45, 7) is 2.02. The van der Waals surface area contributed by atoms with Gasteiger partial charge in [-0.15, -0.1) is 0 Å². The molecule has 1 aromatic carbocycles. The van der Waals surface area contributed by atoms with Gasteiger partial charge in [0.15, 0.2) is 0 Å². The Morgan fingerprint density at radius 3 is 2.94 bits per heavy atom. The van der Waals surface area contributed by atoms with Crippen LogP contribution in [-0.4, -0.2) is 22.9 Å². The molecule has 90 valence electrons. The van der Waals surface area contributed by atoms with Crippen LogP contribution in [0.4, 0.5) is 5.69 Å². The zero-order chi connectivity index (χ0) is 12.7. The molecule has 0 unspecified atom stereocenters. The summed E-state index contributed by atoms with van der Waals surface area (Å²) in [6, 6.07) is 6.04. The minimum atomic E-state index is 0.0187. The summed E-state index contributed by atoms with van der Waals surface area (Å²) in [6.07, 6.45) is 5.15. The number of hydrogen-bond donors (Lipinski definition) is 1. The third kappa shape index (κ3) is 1.54. The van der Waals surface area contributed by atoms with Gasteiger partial charge in [0.2, 0.25) is 0 Å². The van der Waals surface area contributed by atoms with Crippen LogP contribution in [0.2, 0.25) is 0 Å². The van der Waals surface area contributed by atoms with Crippen molar-refractivity contribution in [1.29, 1.82) is 0 Å². The molecule has 3 rings (SSSR count). The van der Waals surface area contributed by atoms with E-state index in [-0.39, 0.29) is 5.91 Å². The Bertz CT molecular complexity index is 641. The number of nitrogens with zero attached hydrogens (tertiary/aromatic N) is 2. The van der Waals surface area contributed by atoms with E-state index in [1.807, 2.05) is 31.2 Å². The van der Waals surface area contributed by atoms with Crippen molar-refractivity contribution >= 4 is 23.2 Å². The van der Waals surface area contributed by atoms with Gasteiger partial charge in [-0.1, -0.05) is 11.6 Å². The summed E-state index contributed by atoms with van der Waals surface area (Å²) in [5.74, 6) is 0.0187. The Kier molecular flexibility index (Phi) is 2.30. The molecular weight excluding hydrogens is 226 g/mol. The zero-order valence-corrected chi connectivity index (χ0v) is 10.3. The van der Waals surface area contributed by atoms with Gasteiger partial charge < -0.3 is 9.88 Å². The number of carbonyl (C=O) groups is 1. The third-order valence-corrected chi connectivity index (χ3v) is 3.16. The van der Waals surface area contributed by atoms with Crippen LogP contribution in [0.25, 0.3) is 11.6 Å². The Morgan fingerprint density at radius 2 is 2.22 bits per heavy atom. The van der Waals surface area contributed by atoms with E-state index in [9.17, 15) is 4.79 Å². The number of aromatic nitrogens is 2. The van der Waals surface area contributed by atoms with Gasteiger partial charge >= 0.3 is 0 Å². The molecule has 0 spiro atoms. The highest BCUT2D eigenvalue weighted by Gasteiger charge is 2.29. The lowest BCUT2D eigenvalue weighted by Gasteiger charge is -2.08. The van der Waals surface area contributed by atoms with Crippen LogP contribution in [0.3, 0.4) is 0 Å². The molecule has 18 heavy (non-hydrogen) atoms. The Balaban J connectivity index is 2.18. The molecule has 1 aliphatic rings. The van der Waals surface area contributed by atoms with Crippen molar-refractivity contribution < 1.29 is 4.79 Å². The molecule has 1 amide bonds. The van der Waals surface area contributed by atoms with Crippen molar-refractivity contribution in [1.82, 2.24) is 9.97 Å². The Labute approximate surface area is 105 Å². The highest BCUT2D eigenvalue weighted by atomic mass is 16.2. The van der Waals surface area contributed by atoms with Crippen LogP contribution >= 0.6 is 0 Å². The Hall–Kier alpha value is -2.36. The second kappa shape index (κ2) is 3.84. The van der Waals surface area contributed by atoms with Crippen LogP contribution in [0.1, 0.15) is 16.8 Å². The average molecular weight is 239 g/mol. The number of nitrogens with one attached hydrogen (secondary N) is 1. The first-order valence-electron chi connectivity index (χ1n) is 5.76. The number of aromatic amines is 1. The van der Waals surface area contributed by atoms with Crippen LogP contribution in [0.15, 0.2) is 30.7 Å². The normalized spacial score (nSPS) is 16.4. The molecule has 1 aromatic heterocycles. The van der Waals surface area contributed by atoms with E-state index < -0.39 is 0 Å². The summed E-state index contributed by atoms with van der Waals surface area (Å²) < 4.78 is 0. The van der Waals surface area contributed by atoms with E-state index in [4.69, 9.17) is 0 Å². The fourth-order valence-corrected chi connectivity index (χ4v) is 2.20. The van der Waals surface area contributed by atoms with Gasteiger partial charge in [0.25, 0.3) is 5.91 Å². The summed E-state index contributed by atoms with van der Waals surface area (Å²) >= 11 is 0. The van der Waals surface area contributed by atoms with E-state index in [1.54, 1.807) is 24.5 Å². The fourth-order valence-electron chi connectivity index (χ4n) is 2.20. The van der Waals surface area contributed by atoms with Crippen molar-refractivity contribution in [2.24, 2.45) is 0 Å². The molecule has 0 fully saturated rings. The second-order valence-electron chi connectivity index (χ2n) is 4.45. The predicted molar refractivity (Wildman–Crippen MR) is 71.0 cm³/mol. The third-order valence-electron chi connectivity index (χ3n) is 3.16. The van der Waals surface area contributed by atoms with Crippen LogP contribution in [0.5, 0.6) is 0 Å². The molecule has 0 radical (unpaired) electrons. The molecule has 0 bridgehead atoms. The molecule has 2 heterocycles. The molecule has 0 aliphatic carbocycles. The van der Waals surface area contributed by atoms with Crippen molar-refractivity contribution in [3.8, 4) is 0 Å². The maximum absolute atomic E-state index is 12.2. The van der Waals surface area contributed by atoms with Crippen LogP contribution in [-0.2, 0) is 4.79 Å². The fraction of sp³-hybridized carbons (Fsp3) is 0.143. The van der Waals surface area contributed by atoms with Crippen molar-refractivity contribution in [2.45, 2.75) is 6.92 Å². The van der Waals surface area contributed by atoms with Crippen molar-refractivity contribution in [3.05, 3.63) is 47.5 Å². The number of imidazole rings is 1. The largest absolute Gasteiger partial charge is 0.345 e. The average Bonchev–Trinajstić information content (AvgIpc) is 2.93. The van der Waals surface area contributed by atoms with E-state index in [0.717, 1.165) is 22.5 Å². The summed E-state index contributed by atoms with van der Waals surface area (Å²) in [4.78, 5) is 20.8. The van der Waals surface area contributed by atoms with Gasteiger partial charge in [-0.3, -0.25) is 4.79 Å². The molecule has 1 N–H and O–H groups in total. The quantitative estimate of drug-likeness (QED) is 0.776. The first-order valence-corrected chi connectivity index (χ1v) is 5.76. The summed E-state index contributed by atoms with van der Waals surface area (Å²) in [5, 5.41) is 0. The second-order valence-corrected chi connectivity index (χ2v) is 4.45. The molecule has 1 aliphatic heterocycles. The topological polar surface area (TPSA) is 49.0 Å². The highest BCUT2D eigenvalue weighted by molar-refractivity contribution is 6.35. The predicted octanol–water partition coefficient (Wildman–Crippen LogP) is 2.24. The van der Waals surface area contributed by atoms with E-state index >= 15 is 0 Å². The highest BCUT2D eigenvalue weighted by Crippen LogP contribution is 2.37. The minimum absolute atomic E-state index is 0.0187.